The van der Waals surface area contributed by atoms with Crippen LogP contribution < -0.4 is 10.8 Å². The van der Waals surface area contributed by atoms with Crippen molar-refractivity contribution in [3.05, 3.63) is 22.7 Å². The molecule has 1 aromatic rings. The number of thioether (sulfide) groups is 1. The Hall–Kier alpha value is -0.265. The predicted molar refractivity (Wildman–Crippen MR) is 82.8 cm³/mol. The first-order valence-corrected chi connectivity index (χ1v) is 7.24. The SMILES string of the molecule is CC(C)SC(=S)Nc1ccc2c(c1Cl)B(O)OC2. The lowest BCUT2D eigenvalue weighted by atomic mass is 9.79. The van der Waals surface area contributed by atoms with Gasteiger partial charge >= 0.3 is 7.12 Å². The maximum Gasteiger partial charge on any atom is 0.493 e. The van der Waals surface area contributed by atoms with E-state index in [1.54, 1.807) is 11.8 Å². The average Bonchev–Trinajstić information content (AvgIpc) is 2.64. The van der Waals surface area contributed by atoms with E-state index in [2.05, 4.69) is 19.2 Å². The van der Waals surface area contributed by atoms with E-state index in [0.717, 1.165) is 5.56 Å². The van der Waals surface area contributed by atoms with Gasteiger partial charge in [-0.05, 0) is 11.6 Å². The summed E-state index contributed by atoms with van der Waals surface area (Å²) in [7, 11) is -0.944. The summed E-state index contributed by atoms with van der Waals surface area (Å²) >= 11 is 13.0. The molecule has 0 bridgehead atoms. The molecule has 96 valence electrons. The average molecular weight is 302 g/mol. The first-order chi connectivity index (χ1) is 8.49. The Morgan fingerprint density at radius 1 is 1.61 bits per heavy atom. The second-order valence-electron chi connectivity index (χ2n) is 4.24. The van der Waals surface area contributed by atoms with Crippen molar-refractivity contribution in [2.45, 2.75) is 25.7 Å². The molecule has 3 nitrogen and oxygen atoms in total. The van der Waals surface area contributed by atoms with Gasteiger partial charge in [0.2, 0.25) is 0 Å². The van der Waals surface area contributed by atoms with Crippen molar-refractivity contribution in [3.63, 3.8) is 0 Å². The van der Waals surface area contributed by atoms with Crippen LogP contribution in [0.5, 0.6) is 0 Å². The van der Waals surface area contributed by atoms with Crippen molar-refractivity contribution in [1.29, 1.82) is 0 Å². The summed E-state index contributed by atoms with van der Waals surface area (Å²) in [4.78, 5) is 0. The second-order valence-corrected chi connectivity index (χ2v) is 6.87. The summed E-state index contributed by atoms with van der Waals surface area (Å²) < 4.78 is 5.80. The summed E-state index contributed by atoms with van der Waals surface area (Å²) in [5.41, 5.74) is 2.26. The summed E-state index contributed by atoms with van der Waals surface area (Å²) in [6.45, 7) is 4.53. The second kappa shape index (κ2) is 5.80. The number of hydrogen-bond donors (Lipinski definition) is 2. The Morgan fingerprint density at radius 2 is 2.33 bits per heavy atom. The molecule has 2 N–H and O–H groups in total. The van der Waals surface area contributed by atoms with E-state index in [-0.39, 0.29) is 0 Å². The third-order valence-corrected chi connectivity index (χ3v) is 4.08. The zero-order chi connectivity index (χ0) is 13.3. The number of halogens is 1. The number of rotatable bonds is 2. The monoisotopic (exact) mass is 301 g/mol. The third kappa shape index (κ3) is 3.00. The number of thiocarbonyl (C=S) groups is 1. The van der Waals surface area contributed by atoms with Gasteiger partial charge in [-0.15, -0.1) is 0 Å². The molecule has 0 unspecified atom stereocenters. The maximum atomic E-state index is 9.69. The molecule has 2 rings (SSSR count). The van der Waals surface area contributed by atoms with E-state index in [4.69, 9.17) is 28.5 Å². The van der Waals surface area contributed by atoms with Crippen molar-refractivity contribution in [1.82, 2.24) is 0 Å². The van der Waals surface area contributed by atoms with Crippen LogP contribution in [0.2, 0.25) is 5.02 Å². The van der Waals surface area contributed by atoms with Gasteiger partial charge in [-0.25, -0.2) is 0 Å². The number of fused-ring (bicyclic) bond motifs is 1. The summed E-state index contributed by atoms with van der Waals surface area (Å²) in [6.07, 6.45) is 0. The van der Waals surface area contributed by atoms with Crippen molar-refractivity contribution in [2.75, 3.05) is 5.32 Å². The highest BCUT2D eigenvalue weighted by Crippen LogP contribution is 2.26. The first-order valence-electron chi connectivity index (χ1n) is 5.57. The van der Waals surface area contributed by atoms with E-state index in [1.807, 2.05) is 12.1 Å². The van der Waals surface area contributed by atoms with E-state index in [9.17, 15) is 5.02 Å². The molecule has 1 heterocycles. The molecule has 0 aliphatic carbocycles. The molecule has 0 saturated heterocycles. The van der Waals surface area contributed by atoms with Crippen LogP contribution in [0, 0.1) is 0 Å². The third-order valence-electron chi connectivity index (χ3n) is 2.49. The van der Waals surface area contributed by atoms with Crippen molar-refractivity contribution >= 4 is 58.2 Å². The van der Waals surface area contributed by atoms with Gasteiger partial charge in [-0.1, -0.05) is 55.5 Å². The Bertz CT molecular complexity index is 484. The maximum absolute atomic E-state index is 9.69. The quantitative estimate of drug-likeness (QED) is 0.648. The fourth-order valence-corrected chi connectivity index (χ4v) is 3.34. The molecule has 0 spiro atoms. The molecule has 1 aliphatic rings. The zero-order valence-corrected chi connectivity index (χ0v) is 12.5. The van der Waals surface area contributed by atoms with Crippen LogP contribution in [0.1, 0.15) is 19.4 Å². The van der Waals surface area contributed by atoms with Crippen LogP contribution in [0.4, 0.5) is 5.69 Å². The summed E-state index contributed by atoms with van der Waals surface area (Å²) in [6, 6.07) is 3.75. The van der Waals surface area contributed by atoms with Gasteiger partial charge in [0, 0.05) is 10.7 Å². The van der Waals surface area contributed by atoms with E-state index in [1.165, 1.54) is 0 Å². The topological polar surface area (TPSA) is 41.5 Å². The van der Waals surface area contributed by atoms with Crippen LogP contribution in [-0.2, 0) is 11.3 Å². The van der Waals surface area contributed by atoms with Crippen molar-refractivity contribution in [3.8, 4) is 0 Å². The molecule has 0 fully saturated rings. The van der Waals surface area contributed by atoms with Crippen molar-refractivity contribution in [2.24, 2.45) is 0 Å². The molecule has 18 heavy (non-hydrogen) atoms. The predicted octanol–water partition coefficient (Wildman–Crippen LogP) is 2.40. The Morgan fingerprint density at radius 3 is 3.00 bits per heavy atom. The van der Waals surface area contributed by atoms with Crippen LogP contribution in [0.3, 0.4) is 0 Å². The lowest BCUT2D eigenvalue weighted by molar-refractivity contribution is 0.275. The fraction of sp³-hybridized carbons (Fsp3) is 0.364. The van der Waals surface area contributed by atoms with Crippen molar-refractivity contribution < 1.29 is 9.68 Å². The standard InChI is InChI=1S/C11H13BClNO2S2/c1-6(2)18-11(17)14-8-4-3-7-5-16-12(15)9(7)10(8)13/h3-4,6,15H,5H2,1-2H3,(H,14,17). The lowest BCUT2D eigenvalue weighted by Crippen LogP contribution is -2.29. The molecule has 0 aromatic heterocycles. The van der Waals surface area contributed by atoms with Gasteiger partial charge in [0.05, 0.1) is 17.3 Å². The van der Waals surface area contributed by atoms with Crippen LogP contribution in [0.15, 0.2) is 12.1 Å². The van der Waals surface area contributed by atoms with E-state index < -0.39 is 7.12 Å². The van der Waals surface area contributed by atoms with Gasteiger partial charge in [0.15, 0.2) is 0 Å². The molecule has 1 aromatic carbocycles. The largest absolute Gasteiger partial charge is 0.493 e. The van der Waals surface area contributed by atoms with Gasteiger partial charge in [0.25, 0.3) is 0 Å². The Kier molecular flexibility index (Phi) is 4.56. The highest BCUT2D eigenvalue weighted by molar-refractivity contribution is 8.23. The molecule has 0 saturated carbocycles. The van der Waals surface area contributed by atoms with E-state index in [0.29, 0.717) is 32.4 Å². The number of hydrogen-bond acceptors (Lipinski definition) is 4. The Labute approximate surface area is 121 Å². The molecular weight excluding hydrogens is 289 g/mol. The first kappa shape index (κ1) is 14.2. The molecule has 0 radical (unpaired) electrons. The summed E-state index contributed by atoms with van der Waals surface area (Å²) in [5, 5.41) is 13.7. The molecule has 0 amide bonds. The van der Waals surface area contributed by atoms with Crippen LogP contribution in [0.25, 0.3) is 0 Å². The molecule has 0 atom stereocenters. The normalized spacial score (nSPS) is 13.9. The van der Waals surface area contributed by atoms with Crippen LogP contribution >= 0.6 is 35.6 Å². The molecular formula is C11H13BClNO2S2. The zero-order valence-electron chi connectivity index (χ0n) is 10.1. The number of anilines is 1. The van der Waals surface area contributed by atoms with Gasteiger partial charge in [0.1, 0.15) is 4.32 Å². The minimum Gasteiger partial charge on any atom is -0.423 e. The lowest BCUT2D eigenvalue weighted by Gasteiger charge is -2.13. The number of nitrogens with one attached hydrogen (secondary N) is 1. The molecule has 7 heteroatoms. The van der Waals surface area contributed by atoms with Crippen LogP contribution in [-0.4, -0.2) is 21.7 Å². The minimum absolute atomic E-state index is 0.391. The summed E-state index contributed by atoms with van der Waals surface area (Å²) in [5.74, 6) is 0. The highest BCUT2D eigenvalue weighted by Gasteiger charge is 2.31. The highest BCUT2D eigenvalue weighted by atomic mass is 35.5. The minimum atomic E-state index is -0.944. The van der Waals surface area contributed by atoms with Gasteiger partial charge in [-0.2, -0.15) is 0 Å². The van der Waals surface area contributed by atoms with E-state index >= 15 is 0 Å². The van der Waals surface area contributed by atoms with Gasteiger partial charge < -0.3 is 15.0 Å². The smallest absolute Gasteiger partial charge is 0.423 e. The Balaban J connectivity index is 2.20. The molecule has 1 aliphatic heterocycles. The van der Waals surface area contributed by atoms with Gasteiger partial charge in [-0.3, -0.25) is 0 Å². The number of benzene rings is 1. The fourth-order valence-electron chi connectivity index (χ4n) is 1.73.